The third-order valence-electron chi connectivity index (χ3n) is 1.90. The molecular formula is C10H15NO. The lowest BCUT2D eigenvalue weighted by Gasteiger charge is -2.04. The molecule has 2 nitrogen and oxygen atoms in total. The minimum Gasteiger partial charge on any atom is -0.508 e. The predicted molar refractivity (Wildman–Crippen MR) is 50.0 cm³/mol. The maximum atomic E-state index is 9.32. The molecule has 3 N–H and O–H groups in total. The Hall–Kier alpha value is -1.02. The Labute approximate surface area is 73.0 Å². The van der Waals surface area contributed by atoms with E-state index in [9.17, 15) is 5.11 Å². The Balaban J connectivity index is 2.89. The molecule has 0 radical (unpaired) electrons. The first-order valence-corrected chi connectivity index (χ1v) is 4.28. The summed E-state index contributed by atoms with van der Waals surface area (Å²) in [6, 6.07) is 5.63. The van der Waals surface area contributed by atoms with Crippen LogP contribution in [0.1, 0.15) is 24.5 Å². The zero-order valence-electron chi connectivity index (χ0n) is 7.38. The SMILES string of the molecule is CCCc1ccc(O)c(CN)c1. The molecule has 0 aliphatic carbocycles. The fourth-order valence-corrected chi connectivity index (χ4v) is 1.25. The van der Waals surface area contributed by atoms with Crippen molar-refractivity contribution < 1.29 is 5.11 Å². The number of benzene rings is 1. The van der Waals surface area contributed by atoms with Gasteiger partial charge in [-0.15, -0.1) is 0 Å². The minimum absolute atomic E-state index is 0.303. The highest BCUT2D eigenvalue weighted by atomic mass is 16.3. The zero-order chi connectivity index (χ0) is 8.97. The van der Waals surface area contributed by atoms with Crippen molar-refractivity contribution in [1.82, 2.24) is 0 Å². The normalized spacial score (nSPS) is 10.2. The van der Waals surface area contributed by atoms with E-state index in [-0.39, 0.29) is 0 Å². The first-order chi connectivity index (χ1) is 5.77. The van der Waals surface area contributed by atoms with Gasteiger partial charge in [0.15, 0.2) is 0 Å². The smallest absolute Gasteiger partial charge is 0.120 e. The molecule has 1 aromatic carbocycles. The van der Waals surface area contributed by atoms with E-state index in [0.29, 0.717) is 12.3 Å². The summed E-state index contributed by atoms with van der Waals surface area (Å²) in [6.45, 7) is 2.54. The Morgan fingerprint density at radius 2 is 2.17 bits per heavy atom. The lowest BCUT2D eigenvalue weighted by molar-refractivity contribution is 0.468. The highest BCUT2D eigenvalue weighted by molar-refractivity contribution is 5.35. The summed E-state index contributed by atoms with van der Waals surface area (Å²) < 4.78 is 0. The minimum atomic E-state index is 0.303. The summed E-state index contributed by atoms with van der Waals surface area (Å²) in [5.41, 5.74) is 7.54. The predicted octanol–water partition coefficient (Wildman–Crippen LogP) is 1.80. The molecule has 1 rings (SSSR count). The van der Waals surface area contributed by atoms with Gasteiger partial charge in [-0.05, 0) is 18.1 Å². The summed E-state index contributed by atoms with van der Waals surface area (Å²) >= 11 is 0. The Kier molecular flexibility index (Phi) is 3.11. The van der Waals surface area contributed by atoms with Gasteiger partial charge in [-0.1, -0.05) is 25.5 Å². The number of aryl methyl sites for hydroxylation is 1. The third-order valence-corrected chi connectivity index (χ3v) is 1.90. The van der Waals surface area contributed by atoms with Crippen LogP contribution in [0.2, 0.25) is 0 Å². The fraction of sp³-hybridized carbons (Fsp3) is 0.400. The van der Waals surface area contributed by atoms with Crippen LogP contribution in [0.15, 0.2) is 18.2 Å². The van der Waals surface area contributed by atoms with Crippen LogP contribution in [0.4, 0.5) is 0 Å². The number of nitrogens with two attached hydrogens (primary N) is 1. The lowest BCUT2D eigenvalue weighted by atomic mass is 10.1. The van der Waals surface area contributed by atoms with Crippen molar-refractivity contribution in [1.29, 1.82) is 0 Å². The third kappa shape index (κ3) is 1.98. The summed E-state index contributed by atoms with van der Waals surface area (Å²) in [5, 5.41) is 9.32. The molecular weight excluding hydrogens is 150 g/mol. The monoisotopic (exact) mass is 165 g/mol. The molecule has 12 heavy (non-hydrogen) atoms. The molecule has 0 spiro atoms. The summed E-state index contributed by atoms with van der Waals surface area (Å²) in [4.78, 5) is 0. The molecule has 66 valence electrons. The highest BCUT2D eigenvalue weighted by Gasteiger charge is 1.99. The van der Waals surface area contributed by atoms with Gasteiger partial charge in [-0.25, -0.2) is 0 Å². The lowest BCUT2D eigenvalue weighted by Crippen LogP contribution is -1.97. The van der Waals surface area contributed by atoms with Crippen molar-refractivity contribution in [3.63, 3.8) is 0 Å². The molecule has 0 amide bonds. The molecule has 0 atom stereocenters. The van der Waals surface area contributed by atoms with Gasteiger partial charge in [-0.3, -0.25) is 0 Å². The second kappa shape index (κ2) is 4.12. The Morgan fingerprint density at radius 3 is 2.75 bits per heavy atom. The fourth-order valence-electron chi connectivity index (χ4n) is 1.25. The van der Waals surface area contributed by atoms with Crippen molar-refractivity contribution in [3.8, 4) is 5.75 Å². The average molecular weight is 165 g/mol. The van der Waals surface area contributed by atoms with Gasteiger partial charge >= 0.3 is 0 Å². The van der Waals surface area contributed by atoms with Crippen LogP contribution in [0.3, 0.4) is 0 Å². The standard InChI is InChI=1S/C10H15NO/c1-2-3-8-4-5-10(12)9(6-8)7-11/h4-6,12H,2-3,7,11H2,1H3. The molecule has 2 heteroatoms. The van der Waals surface area contributed by atoms with E-state index in [0.717, 1.165) is 18.4 Å². The number of hydrogen-bond acceptors (Lipinski definition) is 2. The van der Waals surface area contributed by atoms with Crippen LogP contribution in [0.5, 0.6) is 5.75 Å². The van der Waals surface area contributed by atoms with Crippen molar-refractivity contribution in [2.45, 2.75) is 26.3 Å². The van der Waals surface area contributed by atoms with Crippen LogP contribution in [0.25, 0.3) is 0 Å². The summed E-state index contributed by atoms with van der Waals surface area (Å²) in [7, 11) is 0. The molecule has 0 fully saturated rings. The number of rotatable bonds is 3. The Morgan fingerprint density at radius 1 is 1.42 bits per heavy atom. The van der Waals surface area contributed by atoms with Gasteiger partial charge in [0.25, 0.3) is 0 Å². The van der Waals surface area contributed by atoms with E-state index in [4.69, 9.17) is 5.73 Å². The van der Waals surface area contributed by atoms with Crippen molar-refractivity contribution in [2.75, 3.05) is 0 Å². The quantitative estimate of drug-likeness (QED) is 0.717. The van der Waals surface area contributed by atoms with Gasteiger partial charge in [-0.2, -0.15) is 0 Å². The Bertz CT molecular complexity index is 258. The van der Waals surface area contributed by atoms with E-state index >= 15 is 0 Å². The number of aromatic hydroxyl groups is 1. The van der Waals surface area contributed by atoms with Gasteiger partial charge < -0.3 is 10.8 Å². The first-order valence-electron chi connectivity index (χ1n) is 4.28. The second-order valence-electron chi connectivity index (χ2n) is 2.92. The zero-order valence-corrected chi connectivity index (χ0v) is 7.38. The molecule has 0 saturated carbocycles. The van der Waals surface area contributed by atoms with Crippen LogP contribution < -0.4 is 5.73 Å². The summed E-state index contributed by atoms with van der Waals surface area (Å²) in [5.74, 6) is 0.303. The first kappa shape index (κ1) is 9.07. The molecule has 0 heterocycles. The van der Waals surface area contributed by atoms with E-state index in [1.165, 1.54) is 5.56 Å². The van der Waals surface area contributed by atoms with Crippen molar-refractivity contribution in [3.05, 3.63) is 29.3 Å². The molecule has 0 saturated heterocycles. The van der Waals surface area contributed by atoms with Crippen LogP contribution in [-0.4, -0.2) is 5.11 Å². The van der Waals surface area contributed by atoms with Crippen LogP contribution in [0, 0.1) is 0 Å². The molecule has 0 aromatic heterocycles. The summed E-state index contributed by atoms with van der Waals surface area (Å²) in [6.07, 6.45) is 2.17. The van der Waals surface area contributed by atoms with Gasteiger partial charge in [0.05, 0.1) is 0 Å². The van der Waals surface area contributed by atoms with Gasteiger partial charge in [0, 0.05) is 12.1 Å². The van der Waals surface area contributed by atoms with E-state index in [2.05, 4.69) is 6.92 Å². The van der Waals surface area contributed by atoms with E-state index in [1.807, 2.05) is 12.1 Å². The molecule has 0 unspecified atom stereocenters. The van der Waals surface area contributed by atoms with E-state index < -0.39 is 0 Å². The van der Waals surface area contributed by atoms with Gasteiger partial charge in [0.2, 0.25) is 0 Å². The second-order valence-corrected chi connectivity index (χ2v) is 2.92. The topological polar surface area (TPSA) is 46.2 Å². The number of hydrogen-bond donors (Lipinski definition) is 2. The highest BCUT2D eigenvalue weighted by Crippen LogP contribution is 2.18. The maximum absolute atomic E-state index is 9.32. The molecule has 0 bridgehead atoms. The van der Waals surface area contributed by atoms with Gasteiger partial charge in [0.1, 0.15) is 5.75 Å². The van der Waals surface area contributed by atoms with E-state index in [1.54, 1.807) is 6.07 Å². The molecule has 0 aliphatic rings. The molecule has 1 aromatic rings. The largest absolute Gasteiger partial charge is 0.508 e. The van der Waals surface area contributed by atoms with Crippen molar-refractivity contribution in [2.24, 2.45) is 5.73 Å². The molecule has 0 aliphatic heterocycles. The maximum Gasteiger partial charge on any atom is 0.120 e. The number of phenolic OH excluding ortho intramolecular Hbond substituents is 1. The van der Waals surface area contributed by atoms with Crippen LogP contribution in [-0.2, 0) is 13.0 Å². The average Bonchev–Trinajstić information content (AvgIpc) is 2.09. The van der Waals surface area contributed by atoms with Crippen LogP contribution >= 0.6 is 0 Å². The number of phenols is 1. The van der Waals surface area contributed by atoms with Crippen molar-refractivity contribution >= 4 is 0 Å².